The fourth-order valence-corrected chi connectivity index (χ4v) is 4.52. The summed E-state index contributed by atoms with van der Waals surface area (Å²) in [6.07, 6.45) is 6.83. The maximum absolute atomic E-state index is 13.1. The van der Waals surface area contributed by atoms with Crippen LogP contribution in [0.25, 0.3) is 10.2 Å². The van der Waals surface area contributed by atoms with Gasteiger partial charge in [-0.1, -0.05) is 37.3 Å². The molecule has 4 nitrogen and oxygen atoms in total. The molecule has 5 heteroatoms. The van der Waals surface area contributed by atoms with E-state index in [1.807, 2.05) is 37.3 Å². The molecule has 3 aromatic rings. The average molecular weight is 337 g/mol. The Hall–Kier alpha value is -2.27. The normalized spacial score (nSPS) is 14.4. The van der Waals surface area contributed by atoms with Crippen LogP contribution in [0.1, 0.15) is 41.6 Å². The zero-order valence-electron chi connectivity index (χ0n) is 13.7. The summed E-state index contributed by atoms with van der Waals surface area (Å²) in [7, 11) is 0. The fraction of sp³-hybridized carbons (Fsp3) is 0.316. The number of hydrogen-bond donors (Lipinski definition) is 0. The number of thiophene rings is 1. The van der Waals surface area contributed by atoms with E-state index in [0.717, 1.165) is 40.9 Å². The highest BCUT2D eigenvalue weighted by molar-refractivity contribution is 7.18. The molecule has 0 spiro atoms. The lowest BCUT2D eigenvalue weighted by Gasteiger charge is -2.10. The summed E-state index contributed by atoms with van der Waals surface area (Å²) in [6.45, 7) is 2.01. The zero-order valence-corrected chi connectivity index (χ0v) is 14.5. The van der Waals surface area contributed by atoms with E-state index in [-0.39, 0.29) is 5.56 Å². The van der Waals surface area contributed by atoms with Gasteiger partial charge >= 0.3 is 0 Å². The number of aromatic nitrogens is 2. The predicted molar refractivity (Wildman–Crippen MR) is 99.3 cm³/mol. The van der Waals surface area contributed by atoms with E-state index in [4.69, 9.17) is 4.98 Å². The first kappa shape index (κ1) is 15.3. The van der Waals surface area contributed by atoms with Crippen LogP contribution in [0.4, 0.5) is 0 Å². The molecule has 1 aromatic carbocycles. The van der Waals surface area contributed by atoms with E-state index in [0.29, 0.717) is 6.42 Å². The molecule has 0 saturated carbocycles. The molecule has 0 fully saturated rings. The average Bonchev–Trinajstić information content (AvgIpc) is 3.00. The van der Waals surface area contributed by atoms with Crippen LogP contribution in [0.3, 0.4) is 0 Å². The summed E-state index contributed by atoms with van der Waals surface area (Å²) in [6, 6.07) is 9.83. The van der Waals surface area contributed by atoms with Crippen LogP contribution in [-0.4, -0.2) is 15.9 Å². The fourth-order valence-electron chi connectivity index (χ4n) is 3.25. The van der Waals surface area contributed by atoms with Gasteiger partial charge in [0.25, 0.3) is 5.56 Å². The summed E-state index contributed by atoms with van der Waals surface area (Å²) in [5.74, 6) is 0.721. The lowest BCUT2D eigenvalue weighted by atomic mass is 9.97. The molecular formula is C19H19N3OS. The van der Waals surface area contributed by atoms with Crippen molar-refractivity contribution in [3.05, 3.63) is 62.5 Å². The first-order chi connectivity index (χ1) is 11.8. The van der Waals surface area contributed by atoms with Crippen LogP contribution in [0.15, 0.2) is 40.2 Å². The summed E-state index contributed by atoms with van der Waals surface area (Å²) in [5.41, 5.74) is 2.16. The van der Waals surface area contributed by atoms with Crippen molar-refractivity contribution in [1.29, 1.82) is 0 Å². The third-order valence-electron chi connectivity index (χ3n) is 4.47. The van der Waals surface area contributed by atoms with E-state index in [2.05, 4.69) is 5.10 Å². The lowest BCUT2D eigenvalue weighted by molar-refractivity contribution is 0.696. The van der Waals surface area contributed by atoms with E-state index in [1.54, 1.807) is 17.6 Å². The smallest absolute Gasteiger partial charge is 0.267 e. The van der Waals surface area contributed by atoms with Crippen LogP contribution >= 0.6 is 11.3 Å². The molecule has 2 aromatic heterocycles. The SMILES string of the molecule is CCc1nc2sc3c(c2c(=O)n1N=Cc1ccccc1)CCCC3. The molecule has 0 amide bonds. The first-order valence-corrected chi connectivity index (χ1v) is 9.25. The minimum atomic E-state index is -0.0246. The van der Waals surface area contributed by atoms with Gasteiger partial charge in [0.15, 0.2) is 0 Å². The van der Waals surface area contributed by atoms with Crippen LogP contribution in [-0.2, 0) is 19.3 Å². The molecular weight excluding hydrogens is 318 g/mol. The highest BCUT2D eigenvalue weighted by Crippen LogP contribution is 2.33. The van der Waals surface area contributed by atoms with E-state index < -0.39 is 0 Å². The second-order valence-electron chi connectivity index (χ2n) is 6.04. The van der Waals surface area contributed by atoms with Crippen molar-refractivity contribution in [3.8, 4) is 0 Å². The van der Waals surface area contributed by atoms with Crippen molar-refractivity contribution in [2.45, 2.75) is 39.0 Å². The third-order valence-corrected chi connectivity index (χ3v) is 5.66. The summed E-state index contributed by atoms with van der Waals surface area (Å²) >= 11 is 1.69. The van der Waals surface area contributed by atoms with Gasteiger partial charge in [0.2, 0.25) is 0 Å². The third kappa shape index (κ3) is 2.59. The maximum Gasteiger partial charge on any atom is 0.283 e. The number of hydrogen-bond acceptors (Lipinski definition) is 4. The van der Waals surface area contributed by atoms with E-state index in [9.17, 15) is 4.79 Å². The lowest BCUT2D eigenvalue weighted by Crippen LogP contribution is -2.22. The molecule has 4 rings (SSSR count). The molecule has 0 unspecified atom stereocenters. The van der Waals surface area contributed by atoms with Gasteiger partial charge in [-0.25, -0.2) is 4.98 Å². The van der Waals surface area contributed by atoms with E-state index in [1.165, 1.54) is 21.5 Å². The van der Waals surface area contributed by atoms with Crippen molar-refractivity contribution in [2.24, 2.45) is 5.10 Å². The molecule has 0 N–H and O–H groups in total. The van der Waals surface area contributed by atoms with Crippen LogP contribution in [0.2, 0.25) is 0 Å². The van der Waals surface area contributed by atoms with Crippen molar-refractivity contribution in [3.63, 3.8) is 0 Å². The van der Waals surface area contributed by atoms with Gasteiger partial charge < -0.3 is 0 Å². The number of rotatable bonds is 3. The Morgan fingerprint density at radius 3 is 2.83 bits per heavy atom. The summed E-state index contributed by atoms with van der Waals surface area (Å²) in [4.78, 5) is 20.0. The topological polar surface area (TPSA) is 47.2 Å². The van der Waals surface area contributed by atoms with Gasteiger partial charge in [-0.05, 0) is 36.8 Å². The summed E-state index contributed by atoms with van der Waals surface area (Å²) in [5, 5.41) is 5.24. The molecule has 0 aliphatic heterocycles. The van der Waals surface area contributed by atoms with E-state index >= 15 is 0 Å². The quantitative estimate of drug-likeness (QED) is 0.683. The second-order valence-corrected chi connectivity index (χ2v) is 7.13. The molecule has 0 atom stereocenters. The van der Waals surface area contributed by atoms with Crippen molar-refractivity contribution in [1.82, 2.24) is 9.66 Å². The molecule has 2 heterocycles. The van der Waals surface area contributed by atoms with Crippen LogP contribution in [0.5, 0.6) is 0 Å². The molecule has 1 aliphatic carbocycles. The number of nitrogens with zero attached hydrogens (tertiary/aromatic N) is 3. The highest BCUT2D eigenvalue weighted by atomic mass is 32.1. The van der Waals surface area contributed by atoms with Gasteiger partial charge in [-0.3, -0.25) is 4.79 Å². The number of benzene rings is 1. The minimum absolute atomic E-state index is 0.0246. The van der Waals surface area contributed by atoms with Gasteiger partial charge in [0.1, 0.15) is 10.7 Å². The van der Waals surface area contributed by atoms with Gasteiger partial charge in [-0.15, -0.1) is 11.3 Å². The number of aryl methyl sites for hydroxylation is 3. The molecule has 24 heavy (non-hydrogen) atoms. The van der Waals surface area contributed by atoms with Crippen molar-refractivity contribution in [2.75, 3.05) is 0 Å². The van der Waals surface area contributed by atoms with Crippen molar-refractivity contribution < 1.29 is 0 Å². The standard InChI is InChI=1S/C19H19N3OS/c1-2-16-21-18-17(14-10-6-7-11-15(14)24-18)19(23)22(16)20-12-13-8-4-3-5-9-13/h3-5,8-9,12H,2,6-7,10-11H2,1H3. The molecule has 122 valence electrons. The second kappa shape index (κ2) is 6.32. The Morgan fingerprint density at radius 2 is 2.04 bits per heavy atom. The Labute approximate surface area is 144 Å². The van der Waals surface area contributed by atoms with Gasteiger partial charge in [0, 0.05) is 11.3 Å². The van der Waals surface area contributed by atoms with Crippen LogP contribution in [0, 0.1) is 0 Å². The van der Waals surface area contributed by atoms with Gasteiger partial charge in [0.05, 0.1) is 11.6 Å². The molecule has 0 bridgehead atoms. The highest BCUT2D eigenvalue weighted by Gasteiger charge is 2.21. The Bertz CT molecular complexity index is 970. The molecule has 0 radical (unpaired) electrons. The Balaban J connectivity index is 1.89. The van der Waals surface area contributed by atoms with Crippen LogP contribution < -0.4 is 5.56 Å². The Morgan fingerprint density at radius 1 is 1.25 bits per heavy atom. The molecule has 1 aliphatic rings. The first-order valence-electron chi connectivity index (χ1n) is 8.43. The largest absolute Gasteiger partial charge is 0.283 e. The minimum Gasteiger partial charge on any atom is -0.267 e. The summed E-state index contributed by atoms with van der Waals surface area (Å²) < 4.78 is 1.48. The Kier molecular flexibility index (Phi) is 4.02. The number of fused-ring (bicyclic) bond motifs is 3. The monoisotopic (exact) mass is 337 g/mol. The van der Waals surface area contributed by atoms with Crippen molar-refractivity contribution >= 4 is 27.8 Å². The predicted octanol–water partition coefficient (Wildman–Crippen LogP) is 3.78. The van der Waals surface area contributed by atoms with Gasteiger partial charge in [-0.2, -0.15) is 9.78 Å². The maximum atomic E-state index is 13.1. The molecule has 0 saturated heterocycles. The zero-order chi connectivity index (χ0) is 16.5.